The Labute approximate surface area is 50.8 Å². The topological polar surface area (TPSA) is 38.0 Å². The molecular weight excluding hydrogens is 100 g/mol. The van der Waals surface area contributed by atoms with E-state index in [1.54, 1.807) is 0 Å². The maximum Gasteiger partial charge on any atom is 0.0322 e. The van der Waals surface area contributed by atoms with Gasteiger partial charge in [-0.1, -0.05) is 6.58 Å². The van der Waals surface area contributed by atoms with Gasteiger partial charge in [0, 0.05) is 18.3 Å². The first-order valence-electron chi connectivity index (χ1n) is 2.81. The van der Waals surface area contributed by atoms with Gasteiger partial charge in [0.05, 0.1) is 0 Å². The Hall–Kier alpha value is -0.500. The van der Waals surface area contributed by atoms with Gasteiger partial charge in [0.2, 0.25) is 0 Å². The van der Waals surface area contributed by atoms with Crippen molar-refractivity contribution >= 4 is 0 Å². The van der Waals surface area contributed by atoms with Crippen molar-refractivity contribution in [3.05, 3.63) is 12.3 Å². The van der Waals surface area contributed by atoms with Gasteiger partial charge in [0.25, 0.3) is 0 Å². The summed E-state index contributed by atoms with van der Waals surface area (Å²) < 4.78 is 0. The van der Waals surface area contributed by atoms with Crippen molar-refractivity contribution in [1.29, 1.82) is 0 Å². The molecule has 0 heterocycles. The van der Waals surface area contributed by atoms with Crippen LogP contribution in [0.3, 0.4) is 0 Å². The fourth-order valence-corrected chi connectivity index (χ4v) is 0.467. The summed E-state index contributed by atoms with van der Waals surface area (Å²) in [6.07, 6.45) is 0. The van der Waals surface area contributed by atoms with Crippen LogP contribution in [0, 0.1) is 0 Å². The van der Waals surface area contributed by atoms with Gasteiger partial charge in [0.1, 0.15) is 0 Å². The second-order valence-corrected chi connectivity index (χ2v) is 2.11. The van der Waals surface area contributed by atoms with Crippen molar-refractivity contribution in [2.75, 3.05) is 6.54 Å². The van der Waals surface area contributed by atoms with Crippen LogP contribution in [0.2, 0.25) is 0 Å². The van der Waals surface area contributed by atoms with E-state index in [9.17, 15) is 0 Å². The van der Waals surface area contributed by atoms with E-state index < -0.39 is 0 Å². The number of rotatable bonds is 3. The summed E-state index contributed by atoms with van der Waals surface area (Å²) in [5, 5.41) is 3.07. The first-order valence-corrected chi connectivity index (χ1v) is 2.81. The molecule has 0 aliphatic rings. The molecule has 0 amide bonds. The molecule has 0 fully saturated rings. The summed E-state index contributed by atoms with van der Waals surface area (Å²) in [6, 6.07) is 0.450. The van der Waals surface area contributed by atoms with Crippen molar-refractivity contribution in [1.82, 2.24) is 5.32 Å². The van der Waals surface area contributed by atoms with E-state index in [2.05, 4.69) is 25.7 Å². The van der Waals surface area contributed by atoms with Crippen LogP contribution in [0.1, 0.15) is 13.8 Å². The molecule has 0 aliphatic carbocycles. The molecular formula is C6H14N2. The van der Waals surface area contributed by atoms with Crippen LogP contribution in [0.4, 0.5) is 0 Å². The van der Waals surface area contributed by atoms with Crippen LogP contribution in [0.5, 0.6) is 0 Å². The number of nitrogens with two attached hydrogens (primary N) is 1. The molecule has 0 radical (unpaired) electrons. The molecule has 0 spiro atoms. The highest BCUT2D eigenvalue weighted by atomic mass is 14.9. The van der Waals surface area contributed by atoms with Crippen LogP contribution in [0.15, 0.2) is 12.3 Å². The second kappa shape index (κ2) is 3.50. The van der Waals surface area contributed by atoms with Gasteiger partial charge in [-0.15, -0.1) is 0 Å². The van der Waals surface area contributed by atoms with Crippen LogP contribution in [0.25, 0.3) is 0 Å². The molecule has 0 unspecified atom stereocenters. The van der Waals surface area contributed by atoms with Crippen LogP contribution in [-0.2, 0) is 0 Å². The monoisotopic (exact) mass is 114 g/mol. The lowest BCUT2D eigenvalue weighted by atomic mass is 10.3. The molecule has 0 saturated heterocycles. The minimum atomic E-state index is 0.450. The Bertz CT molecular complexity index is 76.6. The van der Waals surface area contributed by atoms with E-state index >= 15 is 0 Å². The lowest BCUT2D eigenvalue weighted by Crippen LogP contribution is -2.25. The average Bonchev–Trinajstić information content (AvgIpc) is 1.65. The minimum absolute atomic E-state index is 0.450. The zero-order chi connectivity index (χ0) is 6.57. The Kier molecular flexibility index (Phi) is 3.28. The SMILES string of the molecule is C=C(CN)NC(C)C. The maximum atomic E-state index is 5.26. The largest absolute Gasteiger partial charge is 0.386 e. The van der Waals surface area contributed by atoms with E-state index in [4.69, 9.17) is 5.73 Å². The van der Waals surface area contributed by atoms with Gasteiger partial charge in [-0.3, -0.25) is 0 Å². The average molecular weight is 114 g/mol. The molecule has 0 aromatic heterocycles. The van der Waals surface area contributed by atoms with E-state index in [0.29, 0.717) is 12.6 Å². The minimum Gasteiger partial charge on any atom is -0.386 e. The lowest BCUT2D eigenvalue weighted by Gasteiger charge is -2.09. The van der Waals surface area contributed by atoms with Crippen LogP contribution >= 0.6 is 0 Å². The molecule has 0 aromatic rings. The summed E-state index contributed by atoms with van der Waals surface area (Å²) in [5.74, 6) is 0. The molecule has 0 rings (SSSR count). The van der Waals surface area contributed by atoms with E-state index in [-0.39, 0.29) is 0 Å². The third kappa shape index (κ3) is 3.68. The second-order valence-electron chi connectivity index (χ2n) is 2.11. The van der Waals surface area contributed by atoms with E-state index in [0.717, 1.165) is 5.70 Å². The Morgan fingerprint density at radius 3 is 2.38 bits per heavy atom. The molecule has 0 aliphatic heterocycles. The standard InChI is InChI=1S/C6H14N2/c1-5(2)8-6(3)4-7/h5,8H,3-4,7H2,1-2H3. The first kappa shape index (κ1) is 7.50. The molecule has 48 valence electrons. The Morgan fingerprint density at radius 1 is 1.75 bits per heavy atom. The summed E-state index contributed by atoms with van der Waals surface area (Å²) in [6.45, 7) is 8.32. The fourth-order valence-electron chi connectivity index (χ4n) is 0.467. The number of hydrogen-bond donors (Lipinski definition) is 2. The smallest absolute Gasteiger partial charge is 0.0322 e. The highest BCUT2D eigenvalue weighted by molar-refractivity contribution is 4.92. The normalized spacial score (nSPS) is 9.50. The van der Waals surface area contributed by atoms with Gasteiger partial charge in [-0.2, -0.15) is 0 Å². The van der Waals surface area contributed by atoms with Crippen LogP contribution in [-0.4, -0.2) is 12.6 Å². The molecule has 8 heavy (non-hydrogen) atoms. The molecule has 2 heteroatoms. The van der Waals surface area contributed by atoms with Crippen molar-refractivity contribution in [2.24, 2.45) is 5.73 Å². The van der Waals surface area contributed by atoms with E-state index in [1.807, 2.05) is 0 Å². The quantitative estimate of drug-likeness (QED) is 0.559. The molecule has 0 bridgehead atoms. The predicted molar refractivity (Wildman–Crippen MR) is 36.5 cm³/mol. The zero-order valence-electron chi connectivity index (χ0n) is 5.57. The first-order chi connectivity index (χ1) is 3.66. The van der Waals surface area contributed by atoms with Gasteiger partial charge >= 0.3 is 0 Å². The molecule has 0 aromatic carbocycles. The third-order valence-electron chi connectivity index (χ3n) is 0.739. The zero-order valence-corrected chi connectivity index (χ0v) is 5.57. The molecule has 3 N–H and O–H groups in total. The molecule has 2 nitrogen and oxygen atoms in total. The van der Waals surface area contributed by atoms with Crippen molar-refractivity contribution in [2.45, 2.75) is 19.9 Å². The third-order valence-corrected chi connectivity index (χ3v) is 0.739. The summed E-state index contributed by atoms with van der Waals surface area (Å²) in [7, 11) is 0. The highest BCUT2D eigenvalue weighted by Gasteiger charge is 1.90. The van der Waals surface area contributed by atoms with Crippen LogP contribution < -0.4 is 11.1 Å². The number of nitrogens with one attached hydrogen (secondary N) is 1. The molecule has 0 saturated carbocycles. The lowest BCUT2D eigenvalue weighted by molar-refractivity contribution is 0.660. The predicted octanol–water partition coefficient (Wildman–Crippen LogP) is 0.457. The van der Waals surface area contributed by atoms with Gasteiger partial charge < -0.3 is 11.1 Å². The Balaban J connectivity index is 3.25. The molecule has 0 atom stereocenters. The van der Waals surface area contributed by atoms with Crippen molar-refractivity contribution in [3.63, 3.8) is 0 Å². The Morgan fingerprint density at radius 2 is 2.25 bits per heavy atom. The summed E-state index contributed by atoms with van der Waals surface area (Å²) in [4.78, 5) is 0. The number of hydrogen-bond acceptors (Lipinski definition) is 2. The van der Waals surface area contributed by atoms with Crippen molar-refractivity contribution < 1.29 is 0 Å². The summed E-state index contributed by atoms with van der Waals surface area (Å²) >= 11 is 0. The van der Waals surface area contributed by atoms with E-state index in [1.165, 1.54) is 0 Å². The summed E-state index contributed by atoms with van der Waals surface area (Å²) in [5.41, 5.74) is 6.16. The van der Waals surface area contributed by atoms with Gasteiger partial charge in [0.15, 0.2) is 0 Å². The maximum absolute atomic E-state index is 5.26. The van der Waals surface area contributed by atoms with Crippen molar-refractivity contribution in [3.8, 4) is 0 Å². The highest BCUT2D eigenvalue weighted by Crippen LogP contribution is 1.82. The van der Waals surface area contributed by atoms with Gasteiger partial charge in [-0.25, -0.2) is 0 Å². The fraction of sp³-hybridized carbons (Fsp3) is 0.667. The van der Waals surface area contributed by atoms with Gasteiger partial charge in [-0.05, 0) is 13.8 Å².